The third-order valence-corrected chi connectivity index (χ3v) is 4.29. The molecule has 2 heterocycles. The number of hydrogen-bond donors (Lipinski definition) is 1. The van der Waals surface area contributed by atoms with Crippen molar-refractivity contribution in [2.24, 2.45) is 0 Å². The van der Waals surface area contributed by atoms with Crippen LogP contribution < -0.4 is 0 Å². The van der Waals surface area contributed by atoms with Crippen LogP contribution in [0.25, 0.3) is 22.9 Å². The van der Waals surface area contributed by atoms with E-state index < -0.39 is 11.7 Å². The number of halogens is 3. The summed E-state index contributed by atoms with van der Waals surface area (Å²) in [4.78, 5) is 7.76. The van der Waals surface area contributed by atoms with Crippen LogP contribution in [0.1, 0.15) is 29.8 Å². The van der Waals surface area contributed by atoms with Crippen molar-refractivity contribution in [3.8, 4) is 22.9 Å². The van der Waals surface area contributed by atoms with Gasteiger partial charge in [-0.15, -0.1) is 0 Å². The molecule has 0 saturated carbocycles. The zero-order chi connectivity index (χ0) is 16.7. The number of nitrogens with one attached hydrogen (secondary N) is 1. The van der Waals surface area contributed by atoms with Crippen molar-refractivity contribution in [2.45, 2.75) is 31.9 Å². The van der Waals surface area contributed by atoms with Crippen molar-refractivity contribution < 1.29 is 17.6 Å². The zero-order valence-electron chi connectivity index (χ0n) is 12.8. The number of aromatic nitrogens is 2. The molecule has 0 amide bonds. The van der Waals surface area contributed by atoms with Crippen LogP contribution in [0.15, 0.2) is 40.8 Å². The van der Waals surface area contributed by atoms with Crippen LogP contribution in [0.3, 0.4) is 0 Å². The van der Waals surface area contributed by atoms with Gasteiger partial charge in [-0.2, -0.15) is 13.2 Å². The fourth-order valence-corrected chi connectivity index (χ4v) is 3.13. The summed E-state index contributed by atoms with van der Waals surface area (Å²) < 4.78 is 45.2. The minimum atomic E-state index is -4.42. The lowest BCUT2D eigenvalue weighted by molar-refractivity contribution is -0.137. The first-order valence-corrected chi connectivity index (χ1v) is 7.87. The van der Waals surface area contributed by atoms with Gasteiger partial charge in [0.05, 0.1) is 11.3 Å². The highest BCUT2D eigenvalue weighted by atomic mass is 19.4. The predicted molar refractivity (Wildman–Crippen MR) is 83.4 cm³/mol. The minimum Gasteiger partial charge on any atom is -0.453 e. The summed E-state index contributed by atoms with van der Waals surface area (Å²) >= 11 is 0. The molecular formula is C18H15F3N2O. The minimum absolute atomic E-state index is 0.0348. The van der Waals surface area contributed by atoms with Crippen molar-refractivity contribution in [3.05, 3.63) is 53.3 Å². The molecule has 0 spiro atoms. The smallest absolute Gasteiger partial charge is 0.417 e. The summed E-state index contributed by atoms with van der Waals surface area (Å²) in [6, 6.07) is 8.63. The average Bonchev–Trinajstić information content (AvgIpc) is 3.20. The first kappa shape index (κ1) is 15.1. The molecule has 4 rings (SSSR count). The molecule has 1 aliphatic carbocycles. The summed E-state index contributed by atoms with van der Waals surface area (Å²) in [6.45, 7) is 0. The highest BCUT2D eigenvalue weighted by Crippen LogP contribution is 2.38. The average molecular weight is 332 g/mol. The van der Waals surface area contributed by atoms with E-state index in [1.807, 2.05) is 0 Å². The fourth-order valence-electron chi connectivity index (χ4n) is 3.13. The number of nitrogens with zero attached hydrogens (tertiary/aromatic N) is 1. The third kappa shape index (κ3) is 2.62. The van der Waals surface area contributed by atoms with Crippen LogP contribution in [0.4, 0.5) is 13.2 Å². The lowest BCUT2D eigenvalue weighted by atomic mass is 10.0. The van der Waals surface area contributed by atoms with E-state index in [9.17, 15) is 13.2 Å². The van der Waals surface area contributed by atoms with Crippen LogP contribution in [0, 0.1) is 0 Å². The Morgan fingerprint density at radius 3 is 2.50 bits per heavy atom. The Labute approximate surface area is 136 Å². The van der Waals surface area contributed by atoms with Gasteiger partial charge in [-0.05, 0) is 43.9 Å². The van der Waals surface area contributed by atoms with Crippen LogP contribution in [0.5, 0.6) is 0 Å². The van der Waals surface area contributed by atoms with Gasteiger partial charge in [0.15, 0.2) is 11.6 Å². The number of benzene rings is 1. The van der Waals surface area contributed by atoms with Gasteiger partial charge in [0.1, 0.15) is 5.76 Å². The number of aromatic amines is 1. The Bertz CT molecular complexity index is 853. The molecule has 1 N–H and O–H groups in total. The van der Waals surface area contributed by atoms with Gasteiger partial charge in [0, 0.05) is 11.3 Å². The van der Waals surface area contributed by atoms with E-state index >= 15 is 0 Å². The molecule has 3 nitrogen and oxygen atoms in total. The Kier molecular flexibility index (Phi) is 3.48. The lowest BCUT2D eigenvalue weighted by Gasteiger charge is -2.10. The molecule has 0 fully saturated rings. The maximum atomic E-state index is 13.2. The largest absolute Gasteiger partial charge is 0.453 e. The first-order chi connectivity index (χ1) is 11.5. The molecule has 0 unspecified atom stereocenters. The van der Waals surface area contributed by atoms with Gasteiger partial charge < -0.3 is 9.40 Å². The fraction of sp³-hybridized carbons (Fsp3) is 0.278. The number of furan rings is 1. The van der Waals surface area contributed by atoms with Gasteiger partial charge in [-0.3, -0.25) is 0 Å². The second kappa shape index (κ2) is 5.54. The molecule has 0 bridgehead atoms. The normalized spacial score (nSPS) is 14.6. The molecule has 0 radical (unpaired) electrons. The highest BCUT2D eigenvalue weighted by Gasteiger charge is 2.34. The summed E-state index contributed by atoms with van der Waals surface area (Å²) in [5, 5.41) is 0. The Balaban J connectivity index is 1.72. The Morgan fingerprint density at radius 2 is 1.71 bits per heavy atom. The highest BCUT2D eigenvalue weighted by molar-refractivity contribution is 5.66. The lowest BCUT2D eigenvalue weighted by Crippen LogP contribution is -2.06. The van der Waals surface area contributed by atoms with E-state index in [0.29, 0.717) is 11.6 Å². The van der Waals surface area contributed by atoms with Gasteiger partial charge in [-0.1, -0.05) is 18.2 Å². The molecule has 0 saturated heterocycles. The van der Waals surface area contributed by atoms with Crippen molar-refractivity contribution in [1.82, 2.24) is 9.97 Å². The van der Waals surface area contributed by atoms with Crippen molar-refractivity contribution >= 4 is 0 Å². The first-order valence-electron chi connectivity index (χ1n) is 7.87. The van der Waals surface area contributed by atoms with Gasteiger partial charge in [0.25, 0.3) is 0 Å². The van der Waals surface area contributed by atoms with Crippen LogP contribution in [-0.4, -0.2) is 9.97 Å². The number of fused-ring (bicyclic) bond motifs is 1. The molecular weight excluding hydrogens is 317 g/mol. The molecule has 24 heavy (non-hydrogen) atoms. The van der Waals surface area contributed by atoms with E-state index in [1.165, 1.54) is 12.1 Å². The van der Waals surface area contributed by atoms with Gasteiger partial charge >= 0.3 is 6.18 Å². The number of H-pyrrole nitrogens is 1. The van der Waals surface area contributed by atoms with Gasteiger partial charge in [-0.25, -0.2) is 4.98 Å². The molecule has 0 atom stereocenters. The van der Waals surface area contributed by atoms with Crippen LogP contribution >= 0.6 is 0 Å². The van der Waals surface area contributed by atoms with Gasteiger partial charge in [0.2, 0.25) is 0 Å². The summed E-state index contributed by atoms with van der Waals surface area (Å²) in [7, 11) is 0. The molecule has 2 aromatic heterocycles. The summed E-state index contributed by atoms with van der Waals surface area (Å²) in [5.74, 6) is 1.22. The monoisotopic (exact) mass is 332 g/mol. The molecule has 1 aromatic carbocycles. The second-order valence-electron chi connectivity index (χ2n) is 5.93. The zero-order valence-corrected chi connectivity index (χ0v) is 12.8. The maximum Gasteiger partial charge on any atom is 0.417 e. The number of alkyl halides is 3. The van der Waals surface area contributed by atoms with E-state index in [0.717, 1.165) is 43.1 Å². The quantitative estimate of drug-likeness (QED) is 0.698. The topological polar surface area (TPSA) is 41.8 Å². The van der Waals surface area contributed by atoms with E-state index in [2.05, 4.69) is 9.97 Å². The third-order valence-electron chi connectivity index (χ3n) is 4.29. The standard InChI is InChI=1S/C18H15F3N2O/c19-18(20,21)12-6-2-1-5-11(12)15-9-10-16(24-15)17-22-13-7-3-4-8-14(13)23-17/h1-2,5-6,9-10H,3-4,7-8H2,(H,22,23). The van der Waals surface area contributed by atoms with Crippen LogP contribution in [0.2, 0.25) is 0 Å². The molecule has 3 aromatic rings. The predicted octanol–water partition coefficient (Wildman–Crippen LogP) is 5.23. The molecule has 1 aliphatic rings. The van der Waals surface area contributed by atoms with E-state index in [4.69, 9.17) is 4.42 Å². The second-order valence-corrected chi connectivity index (χ2v) is 5.93. The number of aryl methyl sites for hydroxylation is 2. The van der Waals surface area contributed by atoms with E-state index in [-0.39, 0.29) is 11.3 Å². The SMILES string of the molecule is FC(F)(F)c1ccccc1-c1ccc(-c2nc3c([nH]2)CCCC3)o1. The summed E-state index contributed by atoms with van der Waals surface area (Å²) in [5.41, 5.74) is 1.46. The molecule has 0 aliphatic heterocycles. The van der Waals surface area contributed by atoms with Crippen molar-refractivity contribution in [2.75, 3.05) is 0 Å². The van der Waals surface area contributed by atoms with Crippen LogP contribution in [-0.2, 0) is 19.0 Å². The number of hydrogen-bond acceptors (Lipinski definition) is 2. The molecule has 6 heteroatoms. The van der Waals surface area contributed by atoms with Crippen molar-refractivity contribution in [3.63, 3.8) is 0 Å². The number of rotatable bonds is 2. The van der Waals surface area contributed by atoms with E-state index in [1.54, 1.807) is 18.2 Å². The maximum absolute atomic E-state index is 13.2. The number of imidazole rings is 1. The Morgan fingerprint density at radius 1 is 0.958 bits per heavy atom. The molecule has 124 valence electrons. The Hall–Kier alpha value is -2.50. The summed E-state index contributed by atoms with van der Waals surface area (Å²) in [6.07, 6.45) is -0.312. The van der Waals surface area contributed by atoms with Crippen molar-refractivity contribution in [1.29, 1.82) is 0 Å².